The Labute approximate surface area is 122 Å². The van der Waals surface area contributed by atoms with Crippen LogP contribution in [0.2, 0.25) is 0 Å². The van der Waals surface area contributed by atoms with Crippen LogP contribution in [0, 0.1) is 5.41 Å². The van der Waals surface area contributed by atoms with E-state index in [4.69, 9.17) is 4.74 Å². The monoisotopic (exact) mass is 273 g/mol. The van der Waals surface area contributed by atoms with Crippen LogP contribution < -0.4 is 10.1 Å². The zero-order valence-electron chi connectivity index (χ0n) is 13.0. The van der Waals surface area contributed by atoms with Crippen molar-refractivity contribution >= 4 is 0 Å². The van der Waals surface area contributed by atoms with Crippen LogP contribution in [0.3, 0.4) is 0 Å². The lowest BCUT2D eigenvalue weighted by molar-refractivity contribution is -0.0546. The fraction of sp³-hybridized carbons (Fsp3) is 0.667. The molecule has 110 valence electrons. The molecule has 3 rings (SSSR count). The Morgan fingerprint density at radius 1 is 1.25 bits per heavy atom. The number of ether oxygens (including phenoxy) is 1. The number of benzene rings is 1. The molecule has 1 aromatic rings. The standard InChI is InChI=1S/C18H27NO/c1-4-10-19-16-12-17(18(16,2)3)20-15-9-8-13-6-5-7-14(13)11-15/h8-9,11,16-17,19H,4-7,10,12H2,1-3H3. The van der Waals surface area contributed by atoms with E-state index in [0.717, 1.165) is 18.7 Å². The molecule has 2 atom stereocenters. The maximum atomic E-state index is 6.26. The second-order valence-corrected chi connectivity index (χ2v) is 6.95. The largest absolute Gasteiger partial charge is 0.490 e. The molecule has 2 nitrogen and oxygen atoms in total. The number of fused-ring (bicyclic) bond motifs is 1. The number of aryl methyl sites for hydroxylation is 2. The molecule has 0 aliphatic heterocycles. The second-order valence-electron chi connectivity index (χ2n) is 6.95. The first-order chi connectivity index (χ1) is 9.61. The van der Waals surface area contributed by atoms with Crippen LogP contribution in [0.25, 0.3) is 0 Å². The van der Waals surface area contributed by atoms with E-state index in [1.807, 2.05) is 0 Å². The molecule has 0 spiro atoms. The highest BCUT2D eigenvalue weighted by Crippen LogP contribution is 2.43. The maximum absolute atomic E-state index is 6.26. The van der Waals surface area contributed by atoms with Gasteiger partial charge in [-0.25, -0.2) is 0 Å². The summed E-state index contributed by atoms with van der Waals surface area (Å²) in [6.07, 6.45) is 6.44. The van der Waals surface area contributed by atoms with Crippen molar-refractivity contribution in [2.75, 3.05) is 6.54 Å². The molecule has 20 heavy (non-hydrogen) atoms. The van der Waals surface area contributed by atoms with Gasteiger partial charge in [-0.3, -0.25) is 0 Å². The van der Waals surface area contributed by atoms with Gasteiger partial charge in [0.2, 0.25) is 0 Å². The molecule has 0 aromatic heterocycles. The molecule has 2 aliphatic carbocycles. The van der Waals surface area contributed by atoms with Crippen LogP contribution in [-0.2, 0) is 12.8 Å². The van der Waals surface area contributed by atoms with E-state index in [-0.39, 0.29) is 5.41 Å². The van der Waals surface area contributed by atoms with Crippen LogP contribution in [0.5, 0.6) is 5.75 Å². The van der Waals surface area contributed by atoms with Gasteiger partial charge >= 0.3 is 0 Å². The average molecular weight is 273 g/mol. The second kappa shape index (κ2) is 5.40. The first-order valence-electron chi connectivity index (χ1n) is 8.13. The van der Waals surface area contributed by atoms with Gasteiger partial charge in [0.15, 0.2) is 0 Å². The maximum Gasteiger partial charge on any atom is 0.120 e. The minimum Gasteiger partial charge on any atom is -0.490 e. The summed E-state index contributed by atoms with van der Waals surface area (Å²) in [5, 5.41) is 3.64. The Morgan fingerprint density at radius 2 is 2.05 bits per heavy atom. The van der Waals surface area contributed by atoms with E-state index in [0.29, 0.717) is 12.1 Å². The van der Waals surface area contributed by atoms with E-state index in [2.05, 4.69) is 44.3 Å². The highest BCUT2D eigenvalue weighted by atomic mass is 16.5. The van der Waals surface area contributed by atoms with Crippen LogP contribution in [-0.4, -0.2) is 18.7 Å². The summed E-state index contributed by atoms with van der Waals surface area (Å²) in [5.41, 5.74) is 3.25. The number of nitrogens with one attached hydrogen (secondary N) is 1. The molecule has 1 aromatic carbocycles. The summed E-state index contributed by atoms with van der Waals surface area (Å²) < 4.78 is 6.26. The van der Waals surface area contributed by atoms with Crippen LogP contribution in [0.1, 0.15) is 51.2 Å². The Bertz CT molecular complexity index is 480. The molecule has 1 N–H and O–H groups in total. The molecular weight excluding hydrogens is 246 g/mol. The lowest BCUT2D eigenvalue weighted by atomic mass is 9.64. The van der Waals surface area contributed by atoms with Crippen LogP contribution >= 0.6 is 0 Å². The number of hydrogen-bond donors (Lipinski definition) is 1. The van der Waals surface area contributed by atoms with Crippen LogP contribution in [0.4, 0.5) is 0 Å². The van der Waals surface area contributed by atoms with Gasteiger partial charge in [0.1, 0.15) is 11.9 Å². The van der Waals surface area contributed by atoms with Gasteiger partial charge in [-0.05, 0) is 55.5 Å². The minimum absolute atomic E-state index is 0.230. The van der Waals surface area contributed by atoms with Gasteiger partial charge in [0.25, 0.3) is 0 Å². The van der Waals surface area contributed by atoms with Crippen molar-refractivity contribution in [3.8, 4) is 5.75 Å². The van der Waals surface area contributed by atoms with Crippen molar-refractivity contribution in [2.24, 2.45) is 5.41 Å². The van der Waals surface area contributed by atoms with Crippen molar-refractivity contribution in [1.29, 1.82) is 0 Å². The minimum atomic E-state index is 0.230. The van der Waals surface area contributed by atoms with E-state index >= 15 is 0 Å². The van der Waals surface area contributed by atoms with Gasteiger partial charge in [0, 0.05) is 17.9 Å². The molecule has 2 heteroatoms. The lowest BCUT2D eigenvalue weighted by Crippen LogP contribution is -2.62. The third kappa shape index (κ3) is 2.46. The Balaban J connectivity index is 1.62. The molecule has 2 unspecified atom stereocenters. The lowest BCUT2D eigenvalue weighted by Gasteiger charge is -2.51. The topological polar surface area (TPSA) is 21.3 Å². The third-order valence-electron chi connectivity index (χ3n) is 5.17. The Kier molecular flexibility index (Phi) is 3.76. The van der Waals surface area contributed by atoms with Gasteiger partial charge in [0.05, 0.1) is 0 Å². The molecule has 0 bridgehead atoms. The molecule has 0 saturated heterocycles. The smallest absolute Gasteiger partial charge is 0.120 e. The molecule has 1 saturated carbocycles. The number of hydrogen-bond acceptors (Lipinski definition) is 2. The molecule has 1 fully saturated rings. The quantitative estimate of drug-likeness (QED) is 0.883. The zero-order valence-corrected chi connectivity index (χ0v) is 13.0. The van der Waals surface area contributed by atoms with Crippen molar-refractivity contribution < 1.29 is 4.74 Å². The average Bonchev–Trinajstić information content (AvgIpc) is 2.89. The first-order valence-corrected chi connectivity index (χ1v) is 8.13. The zero-order chi connectivity index (χ0) is 14.2. The van der Waals surface area contributed by atoms with E-state index in [1.54, 1.807) is 0 Å². The normalized spacial score (nSPS) is 26.9. The van der Waals surface area contributed by atoms with E-state index < -0.39 is 0 Å². The molecular formula is C18H27NO. The number of rotatable bonds is 5. The summed E-state index contributed by atoms with van der Waals surface area (Å²) in [6, 6.07) is 7.29. The first kappa shape index (κ1) is 13.9. The van der Waals surface area contributed by atoms with Crippen molar-refractivity contribution in [3.05, 3.63) is 29.3 Å². The predicted octanol–water partition coefficient (Wildman–Crippen LogP) is 3.72. The van der Waals surface area contributed by atoms with Gasteiger partial charge in [-0.1, -0.05) is 26.8 Å². The van der Waals surface area contributed by atoms with Crippen molar-refractivity contribution in [1.82, 2.24) is 5.32 Å². The Hall–Kier alpha value is -1.02. The van der Waals surface area contributed by atoms with E-state index in [1.165, 1.54) is 36.8 Å². The van der Waals surface area contributed by atoms with Crippen molar-refractivity contribution in [2.45, 2.75) is 65.0 Å². The molecule has 0 radical (unpaired) electrons. The summed E-state index contributed by atoms with van der Waals surface area (Å²) in [5.74, 6) is 1.07. The summed E-state index contributed by atoms with van der Waals surface area (Å²) in [4.78, 5) is 0. The summed E-state index contributed by atoms with van der Waals surface area (Å²) >= 11 is 0. The fourth-order valence-electron chi connectivity index (χ4n) is 3.54. The van der Waals surface area contributed by atoms with Crippen LogP contribution in [0.15, 0.2) is 18.2 Å². The predicted molar refractivity (Wildman–Crippen MR) is 83.4 cm³/mol. The SMILES string of the molecule is CCCNC1CC(Oc2ccc3c(c2)CCC3)C1(C)C. The highest BCUT2D eigenvalue weighted by Gasteiger charge is 2.49. The highest BCUT2D eigenvalue weighted by molar-refractivity contribution is 5.38. The fourth-order valence-corrected chi connectivity index (χ4v) is 3.54. The summed E-state index contributed by atoms with van der Waals surface area (Å²) in [7, 11) is 0. The van der Waals surface area contributed by atoms with E-state index in [9.17, 15) is 0 Å². The van der Waals surface area contributed by atoms with Gasteiger partial charge < -0.3 is 10.1 Å². The van der Waals surface area contributed by atoms with Gasteiger partial charge in [-0.2, -0.15) is 0 Å². The summed E-state index contributed by atoms with van der Waals surface area (Å²) in [6.45, 7) is 7.97. The van der Waals surface area contributed by atoms with Crippen molar-refractivity contribution in [3.63, 3.8) is 0 Å². The Morgan fingerprint density at radius 3 is 2.80 bits per heavy atom. The third-order valence-corrected chi connectivity index (χ3v) is 5.17. The molecule has 2 aliphatic rings. The molecule has 0 amide bonds. The molecule has 0 heterocycles. The van der Waals surface area contributed by atoms with Gasteiger partial charge in [-0.15, -0.1) is 0 Å².